The summed E-state index contributed by atoms with van der Waals surface area (Å²) in [4.78, 5) is 12.1. The number of carbonyl (C=O) groups excluding carboxylic acids is 1. The Hall–Kier alpha value is -2.01. The van der Waals surface area contributed by atoms with Crippen LogP contribution in [-0.2, 0) is 9.53 Å². The van der Waals surface area contributed by atoms with Gasteiger partial charge in [0.2, 0.25) is 5.91 Å². The normalized spacial score (nSPS) is 13.1. The molecule has 0 spiro atoms. The van der Waals surface area contributed by atoms with E-state index in [1.807, 2.05) is 19.1 Å². The first-order chi connectivity index (χ1) is 10.5. The van der Waals surface area contributed by atoms with Crippen molar-refractivity contribution in [3.05, 3.63) is 36.4 Å². The topological polar surface area (TPSA) is 56.8 Å². The average Bonchev–Trinajstić information content (AvgIpc) is 2.53. The molecule has 22 heavy (non-hydrogen) atoms. The molecule has 0 fully saturated rings. The SMILES string of the molecule is C=CCCO[C@H](C)C(=O)N[C@H](C)c1ccc(OC)cc1OC. The van der Waals surface area contributed by atoms with Gasteiger partial charge in [0.25, 0.3) is 0 Å². The molecule has 5 heteroatoms. The van der Waals surface area contributed by atoms with Crippen LogP contribution in [0.1, 0.15) is 31.9 Å². The van der Waals surface area contributed by atoms with Crippen LogP contribution < -0.4 is 14.8 Å². The van der Waals surface area contributed by atoms with Gasteiger partial charge in [-0.3, -0.25) is 4.79 Å². The predicted molar refractivity (Wildman–Crippen MR) is 86.3 cm³/mol. The van der Waals surface area contributed by atoms with E-state index >= 15 is 0 Å². The van der Waals surface area contributed by atoms with Gasteiger partial charge in [-0.1, -0.05) is 6.08 Å². The van der Waals surface area contributed by atoms with Crippen LogP contribution in [0.25, 0.3) is 0 Å². The molecule has 0 radical (unpaired) electrons. The fourth-order valence-electron chi connectivity index (χ4n) is 1.99. The molecule has 1 aromatic carbocycles. The van der Waals surface area contributed by atoms with E-state index in [0.29, 0.717) is 18.1 Å². The van der Waals surface area contributed by atoms with E-state index in [0.717, 1.165) is 12.0 Å². The molecular weight excluding hydrogens is 282 g/mol. The summed E-state index contributed by atoms with van der Waals surface area (Å²) >= 11 is 0. The summed E-state index contributed by atoms with van der Waals surface area (Å²) in [6.07, 6.45) is 1.97. The number of benzene rings is 1. The van der Waals surface area contributed by atoms with Gasteiger partial charge in [-0.25, -0.2) is 0 Å². The van der Waals surface area contributed by atoms with Gasteiger partial charge in [-0.15, -0.1) is 6.58 Å². The first kappa shape index (κ1) is 18.0. The summed E-state index contributed by atoms with van der Waals surface area (Å²) in [5.41, 5.74) is 0.884. The van der Waals surface area contributed by atoms with Crippen LogP contribution >= 0.6 is 0 Å². The fourth-order valence-corrected chi connectivity index (χ4v) is 1.99. The van der Waals surface area contributed by atoms with Crippen LogP contribution in [-0.4, -0.2) is 32.8 Å². The minimum atomic E-state index is -0.508. The molecule has 0 saturated heterocycles. The second kappa shape index (κ2) is 9.10. The second-order valence-electron chi connectivity index (χ2n) is 4.93. The first-order valence-corrected chi connectivity index (χ1v) is 7.28. The number of rotatable bonds is 9. The number of hydrogen-bond donors (Lipinski definition) is 1. The lowest BCUT2D eigenvalue weighted by Gasteiger charge is -2.20. The van der Waals surface area contributed by atoms with Crippen LogP contribution in [0.2, 0.25) is 0 Å². The summed E-state index contributed by atoms with van der Waals surface area (Å²) in [5, 5.41) is 2.92. The Balaban J connectivity index is 2.69. The van der Waals surface area contributed by atoms with Crippen LogP contribution in [0.4, 0.5) is 0 Å². The molecule has 2 atom stereocenters. The number of hydrogen-bond acceptors (Lipinski definition) is 4. The van der Waals surface area contributed by atoms with Crippen molar-refractivity contribution >= 4 is 5.91 Å². The zero-order valence-corrected chi connectivity index (χ0v) is 13.7. The van der Waals surface area contributed by atoms with Crippen molar-refractivity contribution in [3.63, 3.8) is 0 Å². The highest BCUT2D eigenvalue weighted by molar-refractivity contribution is 5.80. The molecule has 0 bridgehead atoms. The summed E-state index contributed by atoms with van der Waals surface area (Å²) in [6, 6.07) is 5.32. The Bertz CT molecular complexity index is 501. The van der Waals surface area contributed by atoms with Gasteiger partial charge < -0.3 is 19.5 Å². The quantitative estimate of drug-likeness (QED) is 0.563. The van der Waals surface area contributed by atoms with Crippen molar-refractivity contribution in [2.75, 3.05) is 20.8 Å². The second-order valence-corrected chi connectivity index (χ2v) is 4.93. The lowest BCUT2D eigenvalue weighted by Crippen LogP contribution is -2.36. The van der Waals surface area contributed by atoms with Gasteiger partial charge >= 0.3 is 0 Å². The van der Waals surface area contributed by atoms with Crippen LogP contribution in [0, 0.1) is 0 Å². The molecular formula is C17H25NO4. The van der Waals surface area contributed by atoms with E-state index in [2.05, 4.69) is 11.9 Å². The molecule has 0 saturated carbocycles. The van der Waals surface area contributed by atoms with Gasteiger partial charge in [0.15, 0.2) is 0 Å². The highest BCUT2D eigenvalue weighted by Crippen LogP contribution is 2.29. The van der Waals surface area contributed by atoms with Crippen molar-refractivity contribution < 1.29 is 19.0 Å². The number of amides is 1. The van der Waals surface area contributed by atoms with E-state index in [1.165, 1.54) is 0 Å². The van der Waals surface area contributed by atoms with Gasteiger partial charge in [-0.05, 0) is 32.4 Å². The van der Waals surface area contributed by atoms with Gasteiger partial charge in [-0.2, -0.15) is 0 Å². The maximum atomic E-state index is 12.1. The fraction of sp³-hybridized carbons (Fsp3) is 0.471. The number of nitrogens with one attached hydrogen (secondary N) is 1. The van der Waals surface area contributed by atoms with E-state index in [4.69, 9.17) is 14.2 Å². The molecule has 1 rings (SSSR count). The zero-order valence-electron chi connectivity index (χ0n) is 13.7. The summed E-state index contributed by atoms with van der Waals surface area (Å²) < 4.78 is 16.0. The van der Waals surface area contributed by atoms with Gasteiger partial charge in [0, 0.05) is 11.6 Å². The molecule has 1 aromatic rings. The summed E-state index contributed by atoms with van der Waals surface area (Å²) in [7, 11) is 3.19. The van der Waals surface area contributed by atoms with Crippen molar-refractivity contribution in [1.82, 2.24) is 5.32 Å². The Morgan fingerprint density at radius 1 is 1.32 bits per heavy atom. The van der Waals surface area contributed by atoms with Crippen LogP contribution in [0.5, 0.6) is 11.5 Å². The summed E-state index contributed by atoms with van der Waals surface area (Å²) in [6.45, 7) is 7.74. The zero-order chi connectivity index (χ0) is 16.5. The molecule has 0 heterocycles. The van der Waals surface area contributed by atoms with Crippen LogP contribution in [0.3, 0.4) is 0 Å². The van der Waals surface area contributed by atoms with E-state index in [-0.39, 0.29) is 11.9 Å². The van der Waals surface area contributed by atoms with E-state index < -0.39 is 6.10 Å². The largest absolute Gasteiger partial charge is 0.497 e. The number of ether oxygens (including phenoxy) is 3. The van der Waals surface area contributed by atoms with Crippen molar-refractivity contribution in [2.24, 2.45) is 0 Å². The highest BCUT2D eigenvalue weighted by atomic mass is 16.5. The van der Waals surface area contributed by atoms with E-state index in [9.17, 15) is 4.79 Å². The Morgan fingerprint density at radius 3 is 2.64 bits per heavy atom. The maximum Gasteiger partial charge on any atom is 0.249 e. The standard InChI is InChI=1S/C17H25NO4/c1-6-7-10-22-13(3)17(19)18-12(2)15-9-8-14(20-4)11-16(15)21-5/h6,8-9,11-13H,1,7,10H2,2-5H3,(H,18,19)/t12-,13-/m1/s1. The Morgan fingerprint density at radius 2 is 2.05 bits per heavy atom. The first-order valence-electron chi connectivity index (χ1n) is 7.28. The molecule has 1 N–H and O–H groups in total. The molecule has 0 aliphatic rings. The molecule has 0 unspecified atom stereocenters. The molecule has 5 nitrogen and oxygen atoms in total. The third-order valence-corrected chi connectivity index (χ3v) is 3.32. The number of methoxy groups -OCH3 is 2. The minimum absolute atomic E-state index is 0.158. The predicted octanol–water partition coefficient (Wildman–Crippen LogP) is 2.86. The van der Waals surface area contributed by atoms with Crippen molar-refractivity contribution in [2.45, 2.75) is 32.4 Å². The molecule has 0 aromatic heterocycles. The smallest absolute Gasteiger partial charge is 0.249 e. The van der Waals surface area contributed by atoms with Gasteiger partial charge in [0.05, 0.1) is 26.9 Å². The number of carbonyl (C=O) groups is 1. The Kier molecular flexibility index (Phi) is 7.46. The summed E-state index contributed by atoms with van der Waals surface area (Å²) in [5.74, 6) is 1.22. The molecule has 122 valence electrons. The third kappa shape index (κ3) is 5.07. The van der Waals surface area contributed by atoms with Gasteiger partial charge in [0.1, 0.15) is 17.6 Å². The molecule has 0 aliphatic carbocycles. The molecule has 0 aliphatic heterocycles. The average molecular weight is 307 g/mol. The lowest BCUT2D eigenvalue weighted by atomic mass is 10.1. The third-order valence-electron chi connectivity index (χ3n) is 3.32. The van der Waals surface area contributed by atoms with E-state index in [1.54, 1.807) is 33.3 Å². The highest BCUT2D eigenvalue weighted by Gasteiger charge is 2.19. The monoisotopic (exact) mass is 307 g/mol. The Labute approximate surface area is 132 Å². The van der Waals surface area contributed by atoms with Crippen LogP contribution in [0.15, 0.2) is 30.9 Å². The van der Waals surface area contributed by atoms with Crippen molar-refractivity contribution in [3.8, 4) is 11.5 Å². The minimum Gasteiger partial charge on any atom is -0.497 e. The lowest BCUT2D eigenvalue weighted by molar-refractivity contribution is -0.132. The molecule has 1 amide bonds. The van der Waals surface area contributed by atoms with Crippen molar-refractivity contribution in [1.29, 1.82) is 0 Å². The maximum absolute atomic E-state index is 12.1.